The number of hydrogen-bond acceptors (Lipinski definition) is 5. The van der Waals surface area contributed by atoms with Crippen LogP contribution < -0.4 is 4.74 Å². The topological polar surface area (TPSA) is 87.2 Å². The van der Waals surface area contributed by atoms with Gasteiger partial charge in [0.2, 0.25) is 15.9 Å². The number of sulfonamides is 1. The van der Waals surface area contributed by atoms with Crippen LogP contribution in [0.4, 0.5) is 4.39 Å². The number of carbonyl (C=O) groups excluding carboxylic acids is 1. The number of ether oxygens (including phenoxy) is 1. The van der Waals surface area contributed by atoms with Gasteiger partial charge in [-0.3, -0.25) is 4.79 Å². The molecule has 1 fully saturated rings. The van der Waals surface area contributed by atoms with E-state index < -0.39 is 22.2 Å². The predicted octanol–water partition coefficient (Wildman–Crippen LogP) is 3.13. The fraction of sp³-hybridized carbons (Fsp3) is 0.480. The summed E-state index contributed by atoms with van der Waals surface area (Å²) in [5, 5.41) is 9.76. The van der Waals surface area contributed by atoms with E-state index in [1.165, 1.54) is 22.5 Å². The van der Waals surface area contributed by atoms with Gasteiger partial charge in [0.25, 0.3) is 0 Å². The summed E-state index contributed by atoms with van der Waals surface area (Å²) in [4.78, 5) is 14.2. The van der Waals surface area contributed by atoms with E-state index in [9.17, 15) is 22.7 Å². The molecule has 0 aromatic heterocycles. The minimum atomic E-state index is -3.96. The van der Waals surface area contributed by atoms with Crippen molar-refractivity contribution in [3.63, 3.8) is 0 Å². The van der Waals surface area contributed by atoms with Gasteiger partial charge in [-0.25, -0.2) is 12.8 Å². The Bertz CT molecular complexity index is 1150. The first-order chi connectivity index (χ1) is 16.1. The summed E-state index contributed by atoms with van der Waals surface area (Å²) in [6.45, 7) is 3.70. The molecule has 0 spiro atoms. The molecule has 0 bridgehead atoms. The lowest BCUT2D eigenvalue weighted by atomic mass is 10.0. The zero-order valence-corrected chi connectivity index (χ0v) is 20.5. The van der Waals surface area contributed by atoms with Gasteiger partial charge < -0.3 is 14.7 Å². The first kappa shape index (κ1) is 24.6. The molecule has 0 unspecified atom stereocenters. The van der Waals surface area contributed by atoms with E-state index in [1.54, 1.807) is 43.1 Å². The molecular formula is C25H31FN2O5S. The lowest BCUT2D eigenvalue weighted by Gasteiger charge is -2.37. The van der Waals surface area contributed by atoms with E-state index in [0.717, 1.165) is 18.4 Å². The molecule has 9 heteroatoms. The Morgan fingerprint density at radius 1 is 1.21 bits per heavy atom. The number of hydrogen-bond donors (Lipinski definition) is 1. The van der Waals surface area contributed by atoms with Crippen molar-refractivity contribution in [2.75, 3.05) is 26.7 Å². The molecule has 2 aromatic carbocycles. The molecule has 2 aromatic rings. The van der Waals surface area contributed by atoms with E-state index in [2.05, 4.69) is 0 Å². The van der Waals surface area contributed by atoms with Crippen molar-refractivity contribution in [2.45, 2.75) is 43.7 Å². The largest absolute Gasteiger partial charge is 0.487 e. The van der Waals surface area contributed by atoms with E-state index in [0.29, 0.717) is 12.1 Å². The molecule has 0 saturated heterocycles. The van der Waals surface area contributed by atoms with Gasteiger partial charge in [0.15, 0.2) is 0 Å². The number of fused-ring (bicyclic) bond motifs is 1. The molecule has 1 amide bonds. The van der Waals surface area contributed by atoms with Crippen molar-refractivity contribution in [1.29, 1.82) is 0 Å². The highest BCUT2D eigenvalue weighted by molar-refractivity contribution is 7.89. The maximum atomic E-state index is 13.6. The number of likely N-dealkylation sites (N-methyl/N-ethyl adjacent to an activating group) is 1. The third-order valence-electron chi connectivity index (χ3n) is 6.60. The van der Waals surface area contributed by atoms with Crippen LogP contribution in [0, 0.1) is 17.7 Å². The lowest BCUT2D eigenvalue weighted by Crippen LogP contribution is -2.50. The van der Waals surface area contributed by atoms with Crippen molar-refractivity contribution < 1.29 is 27.4 Å². The van der Waals surface area contributed by atoms with Crippen LogP contribution in [0.25, 0.3) is 11.1 Å². The number of halogens is 1. The van der Waals surface area contributed by atoms with E-state index in [-0.39, 0.29) is 47.4 Å². The highest BCUT2D eigenvalue weighted by atomic mass is 32.2. The van der Waals surface area contributed by atoms with Gasteiger partial charge in [-0.05, 0) is 55.2 Å². The van der Waals surface area contributed by atoms with Crippen LogP contribution in [-0.4, -0.2) is 67.5 Å². The van der Waals surface area contributed by atoms with Crippen LogP contribution in [0.5, 0.6) is 5.75 Å². The van der Waals surface area contributed by atoms with Crippen molar-refractivity contribution in [2.24, 2.45) is 11.8 Å². The van der Waals surface area contributed by atoms with Gasteiger partial charge in [0.05, 0.1) is 13.2 Å². The standard InChI is InChI=1S/C25H31FN2O5S/c1-16-13-28(17(2)15-29)34(31,32)24-11-8-20(18-6-9-21(26)10-7-18)12-22(24)33-23(16)14-27(3)25(30)19-4-5-19/h6-12,16-17,19,23,29H,4-5,13-15H2,1-3H3/t16-,17+,23+/m0/s1. The quantitative estimate of drug-likeness (QED) is 0.672. The maximum absolute atomic E-state index is 13.6. The minimum absolute atomic E-state index is 0.00624. The van der Waals surface area contributed by atoms with Gasteiger partial charge in [0.1, 0.15) is 22.6 Å². The number of aliphatic hydroxyl groups excluding tert-OH is 1. The summed E-state index contributed by atoms with van der Waals surface area (Å²) >= 11 is 0. The molecule has 1 aliphatic heterocycles. The average molecular weight is 491 g/mol. The fourth-order valence-electron chi connectivity index (χ4n) is 4.27. The molecule has 184 valence electrons. The molecule has 1 heterocycles. The smallest absolute Gasteiger partial charge is 0.247 e. The molecule has 1 N–H and O–H groups in total. The first-order valence-corrected chi connectivity index (χ1v) is 13.0. The molecule has 34 heavy (non-hydrogen) atoms. The second-order valence-corrected chi connectivity index (χ2v) is 11.3. The zero-order chi connectivity index (χ0) is 24.6. The van der Waals surface area contributed by atoms with Crippen molar-refractivity contribution >= 4 is 15.9 Å². The van der Waals surface area contributed by atoms with Crippen molar-refractivity contribution in [3.8, 4) is 16.9 Å². The van der Waals surface area contributed by atoms with Crippen LogP contribution >= 0.6 is 0 Å². The number of nitrogens with zero attached hydrogens (tertiary/aromatic N) is 2. The highest BCUT2D eigenvalue weighted by Crippen LogP contribution is 2.37. The van der Waals surface area contributed by atoms with Gasteiger partial charge in [-0.15, -0.1) is 0 Å². The summed E-state index contributed by atoms with van der Waals surface area (Å²) in [5.41, 5.74) is 1.41. The normalized spacial score (nSPS) is 23.2. The fourth-order valence-corrected chi connectivity index (χ4v) is 6.09. The van der Waals surface area contributed by atoms with E-state index in [1.807, 2.05) is 6.92 Å². The van der Waals surface area contributed by atoms with Crippen molar-refractivity contribution in [3.05, 3.63) is 48.3 Å². The van der Waals surface area contributed by atoms with Crippen LogP contribution in [0.2, 0.25) is 0 Å². The van der Waals surface area contributed by atoms with Gasteiger partial charge >= 0.3 is 0 Å². The van der Waals surface area contributed by atoms with Gasteiger partial charge in [-0.1, -0.05) is 25.1 Å². The molecule has 3 atom stereocenters. The molecule has 4 rings (SSSR count). The van der Waals surface area contributed by atoms with Crippen LogP contribution in [0.15, 0.2) is 47.4 Å². The molecule has 1 saturated carbocycles. The number of benzene rings is 2. The Morgan fingerprint density at radius 2 is 1.85 bits per heavy atom. The van der Waals surface area contributed by atoms with Crippen LogP contribution in [0.1, 0.15) is 26.7 Å². The predicted molar refractivity (Wildman–Crippen MR) is 126 cm³/mol. The summed E-state index contributed by atoms with van der Waals surface area (Å²) in [5.74, 6) is -0.287. The zero-order valence-electron chi connectivity index (χ0n) is 19.6. The van der Waals surface area contributed by atoms with E-state index >= 15 is 0 Å². The number of amides is 1. The van der Waals surface area contributed by atoms with Crippen LogP contribution in [0.3, 0.4) is 0 Å². The minimum Gasteiger partial charge on any atom is -0.487 e. The third-order valence-corrected chi connectivity index (χ3v) is 8.62. The Labute approximate surface area is 200 Å². The Kier molecular flexibility index (Phi) is 6.98. The number of aliphatic hydroxyl groups is 1. The maximum Gasteiger partial charge on any atom is 0.247 e. The second kappa shape index (κ2) is 9.64. The van der Waals surface area contributed by atoms with E-state index in [4.69, 9.17) is 4.74 Å². The first-order valence-electron chi connectivity index (χ1n) is 11.6. The summed E-state index contributed by atoms with van der Waals surface area (Å²) < 4.78 is 48.2. The summed E-state index contributed by atoms with van der Waals surface area (Å²) in [7, 11) is -2.21. The molecule has 2 aliphatic rings. The van der Waals surface area contributed by atoms with Gasteiger partial charge in [-0.2, -0.15) is 4.31 Å². The Hall–Kier alpha value is -2.49. The third kappa shape index (κ3) is 4.96. The van der Waals surface area contributed by atoms with Crippen molar-refractivity contribution in [1.82, 2.24) is 9.21 Å². The SMILES string of the molecule is C[C@H](CO)N1C[C@H](C)[C@@H](CN(C)C(=O)C2CC2)Oc2cc(-c3ccc(F)cc3)ccc2S1(=O)=O. The Morgan fingerprint density at radius 3 is 2.47 bits per heavy atom. The molecular weight excluding hydrogens is 459 g/mol. The van der Waals surface area contributed by atoms with Crippen LogP contribution in [-0.2, 0) is 14.8 Å². The molecule has 0 radical (unpaired) electrons. The molecule has 1 aliphatic carbocycles. The number of rotatable bonds is 6. The summed E-state index contributed by atoms with van der Waals surface area (Å²) in [6.07, 6.45) is 1.33. The average Bonchev–Trinajstić information content (AvgIpc) is 3.66. The lowest BCUT2D eigenvalue weighted by molar-refractivity contribution is -0.132. The number of carbonyl (C=O) groups is 1. The Balaban J connectivity index is 1.76. The summed E-state index contributed by atoms with van der Waals surface area (Å²) in [6, 6.07) is 10.1. The second-order valence-electron chi connectivity index (χ2n) is 9.40. The highest BCUT2D eigenvalue weighted by Gasteiger charge is 2.39. The molecule has 7 nitrogen and oxygen atoms in total. The van der Waals surface area contributed by atoms with Gasteiger partial charge in [0, 0.05) is 31.5 Å². The monoisotopic (exact) mass is 490 g/mol.